The van der Waals surface area contributed by atoms with Crippen LogP contribution in [0.3, 0.4) is 0 Å². The van der Waals surface area contributed by atoms with Crippen LogP contribution < -0.4 is 5.73 Å². The number of alkyl halides is 6. The van der Waals surface area contributed by atoms with Gasteiger partial charge in [-0.15, -0.1) is 0 Å². The minimum Gasteiger partial charge on any atom is -0.444 e. The second kappa shape index (κ2) is 11.8. The molecule has 1 aliphatic rings. The Morgan fingerprint density at radius 1 is 0.897 bits per heavy atom. The maximum Gasteiger partial charge on any atom is 0.416 e. The largest absolute Gasteiger partial charge is 0.444 e. The van der Waals surface area contributed by atoms with Gasteiger partial charge in [0.05, 0.1) is 17.2 Å². The number of nitrogens with two attached hydrogens (primary N) is 1. The van der Waals surface area contributed by atoms with Crippen molar-refractivity contribution in [1.82, 2.24) is 9.80 Å². The third kappa shape index (κ3) is 7.88. The molecular formula is C28H35F6N3O2. The fourth-order valence-electron chi connectivity index (χ4n) is 4.76. The first-order chi connectivity index (χ1) is 18.0. The summed E-state index contributed by atoms with van der Waals surface area (Å²) in [5.41, 5.74) is 5.91. The molecule has 2 unspecified atom stereocenters. The molecule has 2 atom stereocenters. The number of nitrogens with zero attached hydrogens (tertiary/aromatic N) is 2. The molecule has 0 aromatic heterocycles. The van der Waals surface area contributed by atoms with Crippen molar-refractivity contribution in [3.8, 4) is 0 Å². The fourth-order valence-corrected chi connectivity index (χ4v) is 4.76. The van der Waals surface area contributed by atoms with Gasteiger partial charge in [0.1, 0.15) is 5.60 Å². The highest BCUT2D eigenvalue weighted by molar-refractivity contribution is 5.68. The van der Waals surface area contributed by atoms with Gasteiger partial charge in [0.25, 0.3) is 0 Å². The van der Waals surface area contributed by atoms with Gasteiger partial charge >= 0.3 is 18.4 Å². The summed E-state index contributed by atoms with van der Waals surface area (Å²) < 4.78 is 85.4. The second-order valence-corrected chi connectivity index (χ2v) is 10.8. The second-order valence-electron chi connectivity index (χ2n) is 10.8. The lowest BCUT2D eigenvalue weighted by molar-refractivity contribution is -0.138. The molecule has 39 heavy (non-hydrogen) atoms. The van der Waals surface area contributed by atoms with Gasteiger partial charge < -0.3 is 15.4 Å². The first kappa shape index (κ1) is 30.7. The average molecular weight is 560 g/mol. The maximum atomic E-state index is 13.5. The third-order valence-corrected chi connectivity index (χ3v) is 6.63. The third-order valence-electron chi connectivity index (χ3n) is 6.63. The number of ether oxygens (including phenoxy) is 1. The van der Waals surface area contributed by atoms with Crippen LogP contribution in [-0.4, -0.2) is 47.7 Å². The fraction of sp³-hybridized carbons (Fsp3) is 0.536. The molecule has 11 heteroatoms. The first-order valence-corrected chi connectivity index (χ1v) is 12.9. The molecule has 5 nitrogen and oxygen atoms in total. The molecule has 0 spiro atoms. The number of benzene rings is 2. The van der Waals surface area contributed by atoms with Crippen molar-refractivity contribution in [2.45, 2.75) is 70.6 Å². The SMILES string of the molecule is CCCc1cc(C(F)(F)F)ccc1C(C(N)c1ccc(C(F)(F)F)cc1)N1CCN(C(=O)OC(C)(C)C)CC1. The Morgan fingerprint density at radius 2 is 1.44 bits per heavy atom. The van der Waals surface area contributed by atoms with Crippen LogP contribution in [0.15, 0.2) is 42.5 Å². The Balaban J connectivity index is 1.99. The van der Waals surface area contributed by atoms with E-state index in [1.54, 1.807) is 25.7 Å². The molecule has 1 amide bonds. The molecule has 2 N–H and O–H groups in total. The van der Waals surface area contributed by atoms with Crippen molar-refractivity contribution in [3.63, 3.8) is 0 Å². The molecule has 3 rings (SSSR count). The average Bonchev–Trinajstić information content (AvgIpc) is 2.83. The molecule has 0 radical (unpaired) electrons. The summed E-state index contributed by atoms with van der Waals surface area (Å²) in [5.74, 6) is 0. The van der Waals surface area contributed by atoms with Crippen LogP contribution in [0.25, 0.3) is 0 Å². The highest BCUT2D eigenvalue weighted by Crippen LogP contribution is 2.39. The summed E-state index contributed by atoms with van der Waals surface area (Å²) in [6, 6.07) is 6.60. The number of carbonyl (C=O) groups excluding carboxylic acids is 1. The van der Waals surface area contributed by atoms with Gasteiger partial charge in [-0.25, -0.2) is 4.79 Å². The summed E-state index contributed by atoms with van der Waals surface area (Å²) in [4.78, 5) is 16.1. The quantitative estimate of drug-likeness (QED) is 0.389. The maximum absolute atomic E-state index is 13.5. The van der Waals surface area contributed by atoms with Crippen molar-refractivity contribution in [2.24, 2.45) is 5.73 Å². The Kier molecular flexibility index (Phi) is 9.27. The molecule has 0 saturated carbocycles. The topological polar surface area (TPSA) is 58.8 Å². The summed E-state index contributed by atoms with van der Waals surface area (Å²) in [6.45, 7) is 8.45. The van der Waals surface area contributed by atoms with Crippen LogP contribution in [0.5, 0.6) is 0 Å². The Hall–Kier alpha value is -2.79. The number of rotatable bonds is 6. The van der Waals surface area contributed by atoms with E-state index in [-0.39, 0.29) is 0 Å². The lowest BCUT2D eigenvalue weighted by atomic mass is 9.87. The zero-order chi connectivity index (χ0) is 29.2. The van der Waals surface area contributed by atoms with Crippen LogP contribution in [0, 0.1) is 0 Å². The Labute approximate surface area is 224 Å². The molecule has 2 aromatic carbocycles. The number of hydrogen-bond donors (Lipinski definition) is 1. The Morgan fingerprint density at radius 3 is 1.92 bits per heavy atom. The van der Waals surface area contributed by atoms with Crippen LogP contribution in [0.1, 0.15) is 74.0 Å². The van der Waals surface area contributed by atoms with Gasteiger partial charge in [-0.05, 0) is 68.1 Å². The smallest absolute Gasteiger partial charge is 0.416 e. The molecule has 1 aliphatic heterocycles. The monoisotopic (exact) mass is 559 g/mol. The number of aryl methyl sites for hydroxylation is 1. The lowest BCUT2D eigenvalue weighted by Gasteiger charge is -2.42. The molecule has 1 saturated heterocycles. The minimum atomic E-state index is -4.52. The number of hydrogen-bond acceptors (Lipinski definition) is 4. The van der Waals surface area contributed by atoms with Crippen LogP contribution >= 0.6 is 0 Å². The van der Waals surface area contributed by atoms with Gasteiger partial charge in [0.15, 0.2) is 0 Å². The minimum absolute atomic E-state index is 0.300. The van der Waals surface area contributed by atoms with Gasteiger partial charge in [-0.1, -0.05) is 31.5 Å². The summed E-state index contributed by atoms with van der Waals surface area (Å²) in [7, 11) is 0. The lowest BCUT2D eigenvalue weighted by Crippen LogP contribution is -2.52. The van der Waals surface area contributed by atoms with E-state index in [0.29, 0.717) is 55.7 Å². The Bertz CT molecular complexity index is 1120. The van der Waals surface area contributed by atoms with Crippen LogP contribution in [-0.2, 0) is 23.5 Å². The van der Waals surface area contributed by atoms with E-state index >= 15 is 0 Å². The molecule has 1 heterocycles. The van der Waals surface area contributed by atoms with E-state index < -0.39 is 47.3 Å². The van der Waals surface area contributed by atoms with Crippen molar-refractivity contribution in [1.29, 1.82) is 0 Å². The predicted octanol–water partition coefficient (Wildman–Crippen LogP) is 6.97. The van der Waals surface area contributed by atoms with Crippen LogP contribution in [0.2, 0.25) is 0 Å². The van der Waals surface area contributed by atoms with E-state index in [1.165, 1.54) is 18.2 Å². The molecule has 216 valence electrons. The number of halogens is 6. The van der Waals surface area contributed by atoms with Crippen LogP contribution in [0.4, 0.5) is 31.1 Å². The molecular weight excluding hydrogens is 524 g/mol. The van der Waals surface area contributed by atoms with E-state index in [4.69, 9.17) is 10.5 Å². The highest BCUT2D eigenvalue weighted by Gasteiger charge is 2.37. The van der Waals surface area contributed by atoms with Crippen molar-refractivity contribution in [3.05, 3.63) is 70.3 Å². The molecule has 2 aromatic rings. The van der Waals surface area contributed by atoms with Gasteiger partial charge in [-0.2, -0.15) is 26.3 Å². The summed E-state index contributed by atoms with van der Waals surface area (Å²) in [5, 5.41) is 0. The van der Waals surface area contributed by atoms with Crippen molar-refractivity contribution < 1.29 is 35.9 Å². The zero-order valence-corrected chi connectivity index (χ0v) is 22.5. The predicted molar refractivity (Wildman–Crippen MR) is 136 cm³/mol. The zero-order valence-electron chi connectivity index (χ0n) is 22.5. The summed E-state index contributed by atoms with van der Waals surface area (Å²) >= 11 is 0. The van der Waals surface area contributed by atoms with Crippen molar-refractivity contribution in [2.75, 3.05) is 26.2 Å². The van der Waals surface area contributed by atoms with Gasteiger partial charge in [-0.3, -0.25) is 4.90 Å². The molecule has 1 fully saturated rings. The number of amides is 1. The molecule has 0 bridgehead atoms. The van der Waals surface area contributed by atoms with E-state index in [1.807, 2.05) is 11.8 Å². The first-order valence-electron chi connectivity index (χ1n) is 12.9. The van der Waals surface area contributed by atoms with E-state index in [9.17, 15) is 31.1 Å². The van der Waals surface area contributed by atoms with E-state index in [2.05, 4.69) is 0 Å². The normalized spacial score (nSPS) is 17.2. The number of piperazine rings is 1. The van der Waals surface area contributed by atoms with Gasteiger partial charge in [0.2, 0.25) is 0 Å². The van der Waals surface area contributed by atoms with Crippen molar-refractivity contribution >= 4 is 6.09 Å². The molecule has 0 aliphatic carbocycles. The number of carbonyl (C=O) groups is 1. The van der Waals surface area contributed by atoms with Gasteiger partial charge in [0, 0.05) is 32.2 Å². The summed E-state index contributed by atoms with van der Waals surface area (Å²) in [6.07, 6.45) is -8.55. The van der Waals surface area contributed by atoms with E-state index in [0.717, 1.165) is 24.3 Å². The standard InChI is InChI=1S/C28H35F6N3O2/c1-5-6-19-17-21(28(32,33)34)11-12-22(19)24(23(35)18-7-9-20(10-8-18)27(29,30)31)36-13-15-37(16-14-36)25(38)39-26(2,3)4/h7-12,17,23-24H,5-6,13-16,35H2,1-4H3. The highest BCUT2D eigenvalue weighted by atomic mass is 19.4.